The Labute approximate surface area is 182 Å². The lowest BCUT2D eigenvalue weighted by Gasteiger charge is -2.33. The third-order valence-electron chi connectivity index (χ3n) is 5.44. The van der Waals surface area contributed by atoms with Gasteiger partial charge in [-0.05, 0) is 37.0 Å². The van der Waals surface area contributed by atoms with Crippen LogP contribution in [0.4, 0.5) is 5.69 Å². The summed E-state index contributed by atoms with van der Waals surface area (Å²) >= 11 is 1.66. The molecule has 30 heavy (non-hydrogen) atoms. The third kappa shape index (κ3) is 5.59. The van der Waals surface area contributed by atoms with Crippen LogP contribution in [-0.2, 0) is 4.74 Å². The fourth-order valence-corrected chi connectivity index (χ4v) is 4.51. The second-order valence-corrected chi connectivity index (χ2v) is 8.50. The van der Waals surface area contributed by atoms with E-state index in [1.807, 2.05) is 41.9 Å². The molecule has 1 atom stereocenters. The van der Waals surface area contributed by atoms with Gasteiger partial charge < -0.3 is 20.1 Å². The normalized spacial score (nSPS) is 16.4. The summed E-state index contributed by atoms with van der Waals surface area (Å²) in [7, 11) is 0. The fourth-order valence-electron chi connectivity index (χ4n) is 3.81. The molecule has 0 spiro atoms. The number of rotatable bonds is 9. The smallest absolute Gasteiger partial charge is 0.142 e. The summed E-state index contributed by atoms with van der Waals surface area (Å²) in [5, 5.41) is 3.04. The Morgan fingerprint density at radius 2 is 1.83 bits per heavy atom. The maximum Gasteiger partial charge on any atom is 0.142 e. The number of piperidine rings is 1. The second kappa shape index (κ2) is 10.6. The molecular weight excluding hydrogens is 394 g/mol. The number of likely N-dealkylation sites (tertiary alicyclic amines) is 1. The van der Waals surface area contributed by atoms with Crippen molar-refractivity contribution in [3.63, 3.8) is 0 Å². The van der Waals surface area contributed by atoms with E-state index < -0.39 is 0 Å². The number of aromatic nitrogens is 1. The van der Waals surface area contributed by atoms with Gasteiger partial charge in [0.2, 0.25) is 0 Å². The van der Waals surface area contributed by atoms with Gasteiger partial charge in [0.25, 0.3) is 0 Å². The Balaban J connectivity index is 1.22. The number of hydrogen-bond donors (Lipinski definition) is 1. The van der Waals surface area contributed by atoms with Crippen LogP contribution in [0.3, 0.4) is 0 Å². The van der Waals surface area contributed by atoms with E-state index in [-0.39, 0.29) is 12.2 Å². The zero-order valence-corrected chi connectivity index (χ0v) is 18.0. The minimum Gasteiger partial charge on any atom is -0.491 e. The van der Waals surface area contributed by atoms with Gasteiger partial charge in [-0.1, -0.05) is 42.5 Å². The molecule has 4 rings (SSSR count). The highest BCUT2D eigenvalue weighted by molar-refractivity contribution is 7.09. The molecule has 0 radical (unpaired) electrons. The first-order chi connectivity index (χ1) is 14.8. The lowest BCUT2D eigenvalue weighted by atomic mass is 10.1. The van der Waals surface area contributed by atoms with Crippen LogP contribution in [0.25, 0.3) is 0 Å². The van der Waals surface area contributed by atoms with Crippen molar-refractivity contribution in [2.45, 2.75) is 31.5 Å². The minimum absolute atomic E-state index is 0.0764. The van der Waals surface area contributed by atoms with Crippen LogP contribution in [0.2, 0.25) is 0 Å². The number of hydrogen-bond acceptors (Lipinski definition) is 6. The van der Waals surface area contributed by atoms with Crippen LogP contribution < -0.4 is 10.5 Å². The number of para-hydroxylation sites is 2. The van der Waals surface area contributed by atoms with E-state index in [2.05, 4.69) is 34.1 Å². The monoisotopic (exact) mass is 423 g/mol. The average Bonchev–Trinajstić information content (AvgIpc) is 3.32. The molecule has 0 bridgehead atoms. The largest absolute Gasteiger partial charge is 0.491 e. The molecule has 1 unspecified atom stereocenters. The Hall–Kier alpha value is -2.41. The number of nitrogens with zero attached hydrogens (tertiary/aromatic N) is 2. The second-order valence-electron chi connectivity index (χ2n) is 7.58. The van der Waals surface area contributed by atoms with Gasteiger partial charge in [0, 0.05) is 31.2 Å². The summed E-state index contributed by atoms with van der Waals surface area (Å²) in [6.07, 6.45) is 5.12. The number of benzene rings is 2. The number of ether oxygens (including phenoxy) is 2. The highest BCUT2D eigenvalue weighted by Crippen LogP contribution is 2.31. The zero-order valence-electron chi connectivity index (χ0n) is 17.2. The summed E-state index contributed by atoms with van der Waals surface area (Å²) in [5.41, 5.74) is 7.80. The quantitative estimate of drug-likeness (QED) is 0.397. The van der Waals surface area contributed by atoms with Crippen LogP contribution in [0.1, 0.15) is 35.9 Å². The summed E-state index contributed by atoms with van der Waals surface area (Å²) in [5.74, 6) is 0.777. The molecule has 0 aliphatic carbocycles. The Morgan fingerprint density at radius 3 is 2.57 bits per heavy atom. The SMILES string of the molecule is Nc1ccccc1OCCCN1CCC(OC(c2ccccc2)c2nccs2)CC1. The summed E-state index contributed by atoms with van der Waals surface area (Å²) in [6, 6.07) is 18.1. The molecule has 0 amide bonds. The van der Waals surface area contributed by atoms with Crippen LogP contribution >= 0.6 is 11.3 Å². The van der Waals surface area contributed by atoms with Crippen molar-refractivity contribution in [1.82, 2.24) is 9.88 Å². The van der Waals surface area contributed by atoms with E-state index in [0.717, 1.165) is 49.7 Å². The van der Waals surface area contributed by atoms with Crippen LogP contribution in [0, 0.1) is 0 Å². The van der Waals surface area contributed by atoms with E-state index >= 15 is 0 Å². The van der Waals surface area contributed by atoms with Gasteiger partial charge in [-0.3, -0.25) is 0 Å². The molecule has 2 heterocycles. The van der Waals surface area contributed by atoms with Crippen molar-refractivity contribution < 1.29 is 9.47 Å². The Morgan fingerprint density at radius 1 is 1.07 bits per heavy atom. The van der Waals surface area contributed by atoms with Crippen molar-refractivity contribution in [1.29, 1.82) is 0 Å². The molecule has 2 N–H and O–H groups in total. The predicted molar refractivity (Wildman–Crippen MR) is 122 cm³/mol. The molecule has 5 nitrogen and oxygen atoms in total. The maximum absolute atomic E-state index is 6.55. The molecule has 3 aromatic rings. The summed E-state index contributed by atoms with van der Waals surface area (Å²) in [4.78, 5) is 7.01. The van der Waals surface area contributed by atoms with Gasteiger partial charge >= 0.3 is 0 Å². The molecular formula is C24H29N3O2S. The van der Waals surface area contributed by atoms with Crippen molar-refractivity contribution >= 4 is 17.0 Å². The molecule has 0 saturated carbocycles. The lowest BCUT2D eigenvalue weighted by Crippen LogP contribution is -2.38. The number of nitrogens with two attached hydrogens (primary N) is 1. The molecule has 1 fully saturated rings. The van der Waals surface area contributed by atoms with Crippen LogP contribution in [0.15, 0.2) is 66.2 Å². The van der Waals surface area contributed by atoms with Gasteiger partial charge in [0.1, 0.15) is 16.9 Å². The van der Waals surface area contributed by atoms with E-state index in [4.69, 9.17) is 15.2 Å². The Bertz CT molecular complexity index is 880. The van der Waals surface area contributed by atoms with Gasteiger partial charge in [0.05, 0.1) is 18.4 Å². The predicted octanol–water partition coefficient (Wildman–Crippen LogP) is 4.76. The highest BCUT2D eigenvalue weighted by Gasteiger charge is 2.25. The van der Waals surface area contributed by atoms with Gasteiger partial charge in [-0.25, -0.2) is 4.98 Å². The van der Waals surface area contributed by atoms with E-state index in [0.29, 0.717) is 12.3 Å². The standard InChI is InChI=1S/C24H29N3O2S/c25-21-9-4-5-10-22(21)28-17-6-14-27-15-11-20(12-16-27)29-23(24-26-13-18-30-24)19-7-2-1-3-8-19/h1-5,7-10,13,18,20,23H,6,11-12,14-17,25H2. The van der Waals surface area contributed by atoms with E-state index in [1.54, 1.807) is 11.3 Å². The van der Waals surface area contributed by atoms with E-state index in [1.165, 1.54) is 5.56 Å². The Kier molecular flexibility index (Phi) is 7.34. The molecule has 1 aliphatic rings. The van der Waals surface area contributed by atoms with Crippen LogP contribution in [0.5, 0.6) is 5.75 Å². The van der Waals surface area contributed by atoms with Crippen LogP contribution in [-0.4, -0.2) is 42.2 Å². The molecule has 6 heteroatoms. The highest BCUT2D eigenvalue weighted by atomic mass is 32.1. The zero-order chi connectivity index (χ0) is 20.6. The topological polar surface area (TPSA) is 60.6 Å². The average molecular weight is 424 g/mol. The number of nitrogen functional groups attached to an aromatic ring is 1. The lowest BCUT2D eigenvalue weighted by molar-refractivity contribution is -0.0274. The molecule has 2 aromatic carbocycles. The van der Waals surface area contributed by atoms with Crippen molar-refractivity contribution in [3.8, 4) is 5.75 Å². The van der Waals surface area contributed by atoms with Crippen molar-refractivity contribution in [2.75, 3.05) is 32.0 Å². The third-order valence-corrected chi connectivity index (χ3v) is 6.26. The number of thiazole rings is 1. The molecule has 1 aliphatic heterocycles. The van der Waals surface area contributed by atoms with Crippen molar-refractivity contribution in [3.05, 3.63) is 76.7 Å². The summed E-state index contributed by atoms with van der Waals surface area (Å²) < 4.78 is 12.4. The number of anilines is 1. The first-order valence-electron chi connectivity index (χ1n) is 10.6. The van der Waals surface area contributed by atoms with Crippen molar-refractivity contribution in [2.24, 2.45) is 0 Å². The van der Waals surface area contributed by atoms with Gasteiger partial charge in [0.15, 0.2) is 0 Å². The first kappa shape index (κ1) is 20.8. The molecule has 158 valence electrons. The minimum atomic E-state index is -0.0764. The van der Waals surface area contributed by atoms with E-state index in [9.17, 15) is 0 Å². The molecule has 1 saturated heterocycles. The van der Waals surface area contributed by atoms with Gasteiger partial charge in [-0.15, -0.1) is 11.3 Å². The summed E-state index contributed by atoms with van der Waals surface area (Å²) in [6.45, 7) is 3.83. The van der Waals surface area contributed by atoms with Gasteiger partial charge in [-0.2, -0.15) is 0 Å². The molecule has 1 aromatic heterocycles. The maximum atomic E-state index is 6.55. The fraction of sp³-hybridized carbons (Fsp3) is 0.375. The first-order valence-corrected chi connectivity index (χ1v) is 11.5.